The van der Waals surface area contributed by atoms with Crippen molar-refractivity contribution >= 4 is 6.03 Å². The molecule has 1 fully saturated rings. The number of benzene rings is 2. The van der Waals surface area contributed by atoms with Crippen molar-refractivity contribution in [2.45, 2.75) is 38.8 Å². The Morgan fingerprint density at radius 2 is 1.77 bits per heavy atom. The number of urea groups is 1. The quantitative estimate of drug-likeness (QED) is 0.674. The molecular formula is C24H32N2O5. The van der Waals surface area contributed by atoms with Crippen molar-refractivity contribution < 1.29 is 23.7 Å². The summed E-state index contributed by atoms with van der Waals surface area (Å²) >= 11 is 0. The summed E-state index contributed by atoms with van der Waals surface area (Å²) in [5.74, 6) is 2.92. The van der Waals surface area contributed by atoms with E-state index < -0.39 is 0 Å². The maximum atomic E-state index is 12.8. The lowest BCUT2D eigenvalue weighted by Gasteiger charge is -2.33. The standard InChI is InChI=1S/C24H32N2O5/c1-5-30-21-8-6-7-9-22(21)31-18-12-14-26(15-13-18)24(27)25-17(2)20-11-10-19(28-3)16-23(20)29-4/h6-11,16-18H,5,12-15H2,1-4H3,(H,25,27). The fraction of sp³-hybridized carbons (Fsp3) is 0.458. The summed E-state index contributed by atoms with van der Waals surface area (Å²) in [7, 11) is 3.23. The highest BCUT2D eigenvalue weighted by Crippen LogP contribution is 2.31. The number of amides is 2. The number of likely N-dealkylation sites (tertiary alicyclic amines) is 1. The molecule has 1 atom stereocenters. The third-order valence-electron chi connectivity index (χ3n) is 5.42. The molecule has 0 spiro atoms. The van der Waals surface area contributed by atoms with Gasteiger partial charge in [-0.15, -0.1) is 0 Å². The molecule has 7 nitrogen and oxygen atoms in total. The summed E-state index contributed by atoms with van der Waals surface area (Å²) in [5.41, 5.74) is 0.905. The van der Waals surface area contributed by atoms with Crippen LogP contribution in [-0.4, -0.2) is 51.0 Å². The number of para-hydroxylation sites is 2. The highest BCUT2D eigenvalue weighted by Gasteiger charge is 2.26. The molecule has 7 heteroatoms. The topological polar surface area (TPSA) is 69.3 Å². The molecule has 2 aromatic rings. The zero-order valence-corrected chi connectivity index (χ0v) is 18.7. The monoisotopic (exact) mass is 428 g/mol. The Labute approximate surface area is 184 Å². The van der Waals surface area contributed by atoms with Gasteiger partial charge in [-0.2, -0.15) is 0 Å². The number of nitrogens with zero attached hydrogens (tertiary/aromatic N) is 1. The van der Waals surface area contributed by atoms with Crippen molar-refractivity contribution in [1.29, 1.82) is 0 Å². The van der Waals surface area contributed by atoms with E-state index in [4.69, 9.17) is 18.9 Å². The first-order valence-electron chi connectivity index (χ1n) is 10.7. The molecule has 0 bridgehead atoms. The molecule has 0 aromatic heterocycles. The molecule has 1 saturated heterocycles. The van der Waals surface area contributed by atoms with Crippen LogP contribution in [0.4, 0.5) is 4.79 Å². The van der Waals surface area contributed by atoms with Gasteiger partial charge < -0.3 is 29.2 Å². The third-order valence-corrected chi connectivity index (χ3v) is 5.42. The van der Waals surface area contributed by atoms with Gasteiger partial charge in [-0.1, -0.05) is 12.1 Å². The van der Waals surface area contributed by atoms with Gasteiger partial charge in [0, 0.05) is 37.6 Å². The van der Waals surface area contributed by atoms with E-state index >= 15 is 0 Å². The number of hydrogen-bond donors (Lipinski definition) is 1. The SMILES string of the molecule is CCOc1ccccc1OC1CCN(C(=O)NC(C)c2ccc(OC)cc2OC)CC1. The first kappa shape index (κ1) is 22.6. The Bertz CT molecular complexity index is 865. The minimum absolute atomic E-state index is 0.0600. The van der Waals surface area contributed by atoms with E-state index in [0.717, 1.165) is 29.9 Å². The number of rotatable bonds is 8. The van der Waals surface area contributed by atoms with Gasteiger partial charge in [-0.3, -0.25) is 0 Å². The van der Waals surface area contributed by atoms with Gasteiger partial charge in [-0.25, -0.2) is 4.79 Å². The largest absolute Gasteiger partial charge is 0.497 e. The van der Waals surface area contributed by atoms with Crippen molar-refractivity contribution in [2.75, 3.05) is 33.9 Å². The van der Waals surface area contributed by atoms with Gasteiger partial charge in [0.05, 0.1) is 26.9 Å². The van der Waals surface area contributed by atoms with Gasteiger partial charge >= 0.3 is 6.03 Å². The Morgan fingerprint density at radius 1 is 1.06 bits per heavy atom. The van der Waals surface area contributed by atoms with E-state index in [-0.39, 0.29) is 18.2 Å². The van der Waals surface area contributed by atoms with Crippen LogP contribution in [0.5, 0.6) is 23.0 Å². The predicted molar refractivity (Wildman–Crippen MR) is 119 cm³/mol. The molecule has 1 N–H and O–H groups in total. The van der Waals surface area contributed by atoms with E-state index in [9.17, 15) is 4.79 Å². The Hall–Kier alpha value is -3.09. The third kappa shape index (κ3) is 5.75. The van der Waals surface area contributed by atoms with Crippen LogP contribution in [0, 0.1) is 0 Å². The first-order chi connectivity index (χ1) is 15.0. The van der Waals surface area contributed by atoms with E-state index in [1.54, 1.807) is 14.2 Å². The summed E-state index contributed by atoms with van der Waals surface area (Å²) in [6, 6.07) is 13.0. The van der Waals surface area contributed by atoms with Gasteiger partial charge in [-0.05, 0) is 38.1 Å². The molecule has 2 amide bonds. The molecule has 31 heavy (non-hydrogen) atoms. The molecule has 1 heterocycles. The second-order valence-corrected chi connectivity index (χ2v) is 7.46. The van der Waals surface area contributed by atoms with Crippen molar-refractivity contribution in [2.24, 2.45) is 0 Å². The normalized spacial score (nSPS) is 15.2. The molecule has 168 valence electrons. The average molecular weight is 429 g/mol. The van der Waals surface area contributed by atoms with E-state index in [1.165, 1.54) is 0 Å². The number of nitrogens with one attached hydrogen (secondary N) is 1. The lowest BCUT2D eigenvalue weighted by Crippen LogP contribution is -2.47. The van der Waals surface area contributed by atoms with Gasteiger partial charge in [0.1, 0.15) is 17.6 Å². The van der Waals surface area contributed by atoms with Crippen LogP contribution >= 0.6 is 0 Å². The number of methoxy groups -OCH3 is 2. The Balaban J connectivity index is 1.54. The van der Waals surface area contributed by atoms with E-state index in [0.29, 0.717) is 31.2 Å². The Kier molecular flexibility index (Phi) is 7.87. The van der Waals surface area contributed by atoms with Crippen molar-refractivity contribution in [3.05, 3.63) is 48.0 Å². The zero-order chi connectivity index (χ0) is 22.2. The smallest absolute Gasteiger partial charge is 0.317 e. The van der Waals surface area contributed by atoms with Crippen molar-refractivity contribution in [3.8, 4) is 23.0 Å². The highest BCUT2D eigenvalue weighted by atomic mass is 16.5. The molecule has 1 aliphatic rings. The molecule has 2 aromatic carbocycles. The number of carbonyl (C=O) groups excluding carboxylic acids is 1. The number of carbonyl (C=O) groups is 1. The maximum Gasteiger partial charge on any atom is 0.317 e. The summed E-state index contributed by atoms with van der Waals surface area (Å²) in [4.78, 5) is 14.6. The number of hydrogen-bond acceptors (Lipinski definition) is 5. The average Bonchev–Trinajstić information content (AvgIpc) is 2.80. The van der Waals surface area contributed by atoms with E-state index in [1.807, 2.05) is 61.2 Å². The van der Waals surface area contributed by atoms with Crippen LogP contribution < -0.4 is 24.3 Å². The molecule has 0 radical (unpaired) electrons. The molecule has 0 aliphatic carbocycles. The van der Waals surface area contributed by atoms with Gasteiger partial charge in [0.25, 0.3) is 0 Å². The number of piperidine rings is 1. The molecule has 1 aliphatic heterocycles. The minimum Gasteiger partial charge on any atom is -0.497 e. The molecule has 1 unspecified atom stereocenters. The lowest BCUT2D eigenvalue weighted by atomic mass is 10.1. The lowest BCUT2D eigenvalue weighted by molar-refractivity contribution is 0.107. The molecule has 3 rings (SSSR count). The maximum absolute atomic E-state index is 12.8. The highest BCUT2D eigenvalue weighted by molar-refractivity contribution is 5.75. The zero-order valence-electron chi connectivity index (χ0n) is 18.7. The summed E-state index contributed by atoms with van der Waals surface area (Å²) in [5, 5.41) is 3.07. The first-order valence-corrected chi connectivity index (χ1v) is 10.7. The Morgan fingerprint density at radius 3 is 2.42 bits per heavy atom. The summed E-state index contributed by atoms with van der Waals surface area (Å²) in [6.45, 7) is 5.77. The number of ether oxygens (including phenoxy) is 4. The van der Waals surface area contributed by atoms with Crippen molar-refractivity contribution in [1.82, 2.24) is 10.2 Å². The van der Waals surface area contributed by atoms with Crippen molar-refractivity contribution in [3.63, 3.8) is 0 Å². The van der Waals surface area contributed by atoms with Crippen LogP contribution in [-0.2, 0) is 0 Å². The summed E-state index contributed by atoms with van der Waals surface area (Å²) < 4.78 is 22.5. The van der Waals surface area contributed by atoms with Crippen LogP contribution in [0.1, 0.15) is 38.3 Å². The molecular weight excluding hydrogens is 396 g/mol. The fourth-order valence-electron chi connectivity index (χ4n) is 3.71. The van der Waals surface area contributed by atoms with Crippen LogP contribution in [0.3, 0.4) is 0 Å². The molecule has 0 saturated carbocycles. The minimum atomic E-state index is -0.194. The predicted octanol–water partition coefficient (Wildman–Crippen LogP) is 4.42. The summed E-state index contributed by atoms with van der Waals surface area (Å²) in [6.07, 6.45) is 1.60. The second-order valence-electron chi connectivity index (χ2n) is 7.46. The van der Waals surface area contributed by atoms with Crippen LogP contribution in [0.25, 0.3) is 0 Å². The van der Waals surface area contributed by atoms with Gasteiger partial charge in [0.15, 0.2) is 11.5 Å². The van der Waals surface area contributed by atoms with E-state index in [2.05, 4.69) is 5.32 Å². The van der Waals surface area contributed by atoms with Crippen LogP contribution in [0.15, 0.2) is 42.5 Å². The van der Waals surface area contributed by atoms with Crippen LogP contribution in [0.2, 0.25) is 0 Å². The second kappa shape index (κ2) is 10.8. The fourth-order valence-corrected chi connectivity index (χ4v) is 3.71. The van der Waals surface area contributed by atoms with Gasteiger partial charge in [0.2, 0.25) is 0 Å².